The first kappa shape index (κ1) is 13.4. The lowest BCUT2D eigenvalue weighted by molar-refractivity contribution is 0.0694. The highest BCUT2D eigenvalue weighted by Crippen LogP contribution is 1.96. The molecule has 0 unspecified atom stereocenters. The SMILES string of the molecule is CC(C)N(C)CCn1cccc(C(=O)O)c1=O. The molecule has 94 valence electrons. The molecule has 0 atom stereocenters. The number of likely N-dealkylation sites (N-methyl/N-ethyl adjacent to an activating group) is 1. The number of carboxylic acid groups (broad SMARTS) is 1. The van der Waals surface area contributed by atoms with Gasteiger partial charge in [0.1, 0.15) is 5.56 Å². The summed E-state index contributed by atoms with van der Waals surface area (Å²) in [7, 11) is 1.97. The molecule has 5 heteroatoms. The highest BCUT2D eigenvalue weighted by molar-refractivity contribution is 5.86. The summed E-state index contributed by atoms with van der Waals surface area (Å²) in [5.74, 6) is -1.18. The zero-order valence-corrected chi connectivity index (χ0v) is 10.4. The van der Waals surface area contributed by atoms with Gasteiger partial charge in [-0.15, -0.1) is 0 Å². The van der Waals surface area contributed by atoms with Crippen molar-refractivity contribution in [3.63, 3.8) is 0 Å². The van der Waals surface area contributed by atoms with Gasteiger partial charge in [-0.2, -0.15) is 0 Å². The second kappa shape index (κ2) is 5.63. The predicted octanol–water partition coefficient (Wildman–Crippen LogP) is 0.887. The van der Waals surface area contributed by atoms with Gasteiger partial charge in [0.25, 0.3) is 5.56 Å². The van der Waals surface area contributed by atoms with Gasteiger partial charge in [-0.1, -0.05) is 0 Å². The van der Waals surface area contributed by atoms with E-state index < -0.39 is 11.5 Å². The molecule has 0 bridgehead atoms. The minimum absolute atomic E-state index is 0.181. The summed E-state index contributed by atoms with van der Waals surface area (Å²) in [5, 5.41) is 8.83. The minimum Gasteiger partial charge on any atom is -0.477 e. The monoisotopic (exact) mass is 238 g/mol. The molecule has 0 fully saturated rings. The fraction of sp³-hybridized carbons (Fsp3) is 0.500. The number of carboxylic acids is 1. The normalized spacial score (nSPS) is 11.1. The molecular formula is C12H18N2O3. The third-order valence-electron chi connectivity index (χ3n) is 2.83. The number of aromatic carboxylic acids is 1. The maximum Gasteiger partial charge on any atom is 0.341 e. The van der Waals surface area contributed by atoms with Crippen LogP contribution in [0.15, 0.2) is 23.1 Å². The highest BCUT2D eigenvalue weighted by Gasteiger charge is 2.10. The Bertz CT molecular complexity index is 451. The second-order valence-corrected chi connectivity index (χ2v) is 4.30. The number of carbonyl (C=O) groups is 1. The predicted molar refractivity (Wildman–Crippen MR) is 65.4 cm³/mol. The van der Waals surface area contributed by atoms with E-state index in [0.717, 1.165) is 0 Å². The average Bonchev–Trinajstić information content (AvgIpc) is 2.26. The summed E-state index contributed by atoms with van der Waals surface area (Å²) in [4.78, 5) is 24.7. The molecule has 1 rings (SSSR count). The largest absolute Gasteiger partial charge is 0.477 e. The Kier molecular flexibility index (Phi) is 4.45. The molecular weight excluding hydrogens is 220 g/mol. The molecule has 0 aliphatic heterocycles. The van der Waals surface area contributed by atoms with E-state index >= 15 is 0 Å². The first-order valence-corrected chi connectivity index (χ1v) is 5.56. The Hall–Kier alpha value is -1.62. The lowest BCUT2D eigenvalue weighted by Gasteiger charge is -2.21. The Morgan fingerprint density at radius 2 is 2.18 bits per heavy atom. The number of rotatable bonds is 5. The van der Waals surface area contributed by atoms with E-state index in [-0.39, 0.29) is 5.56 Å². The van der Waals surface area contributed by atoms with Gasteiger partial charge in [0.05, 0.1) is 0 Å². The van der Waals surface area contributed by atoms with Crippen molar-refractivity contribution >= 4 is 5.97 Å². The van der Waals surface area contributed by atoms with Crippen molar-refractivity contribution in [1.29, 1.82) is 0 Å². The Labute approximate surface area is 100 Å². The first-order valence-electron chi connectivity index (χ1n) is 5.56. The van der Waals surface area contributed by atoms with Crippen LogP contribution < -0.4 is 5.56 Å². The van der Waals surface area contributed by atoms with E-state index in [1.165, 1.54) is 10.6 Å². The molecule has 1 heterocycles. The van der Waals surface area contributed by atoms with Crippen molar-refractivity contribution in [3.8, 4) is 0 Å². The second-order valence-electron chi connectivity index (χ2n) is 4.30. The number of hydrogen-bond donors (Lipinski definition) is 1. The van der Waals surface area contributed by atoms with Crippen LogP contribution in [0.2, 0.25) is 0 Å². The maximum absolute atomic E-state index is 11.8. The molecule has 1 N–H and O–H groups in total. The number of nitrogens with zero attached hydrogens (tertiary/aromatic N) is 2. The van der Waals surface area contributed by atoms with Crippen LogP contribution in [0.1, 0.15) is 24.2 Å². The van der Waals surface area contributed by atoms with Gasteiger partial charge in [0, 0.05) is 25.3 Å². The smallest absolute Gasteiger partial charge is 0.341 e. The van der Waals surface area contributed by atoms with Gasteiger partial charge < -0.3 is 14.6 Å². The third kappa shape index (κ3) is 3.42. The Morgan fingerprint density at radius 3 is 2.71 bits per heavy atom. The molecule has 0 aromatic carbocycles. The van der Waals surface area contributed by atoms with Crippen molar-refractivity contribution in [2.75, 3.05) is 13.6 Å². The molecule has 0 saturated carbocycles. The van der Waals surface area contributed by atoms with Crippen LogP contribution >= 0.6 is 0 Å². The molecule has 0 saturated heterocycles. The molecule has 1 aromatic heterocycles. The number of hydrogen-bond acceptors (Lipinski definition) is 3. The Morgan fingerprint density at radius 1 is 1.53 bits per heavy atom. The van der Waals surface area contributed by atoms with Crippen LogP contribution in [0.3, 0.4) is 0 Å². The summed E-state index contributed by atoms with van der Waals surface area (Å²) in [6, 6.07) is 3.31. The number of aromatic nitrogens is 1. The van der Waals surface area contributed by atoms with Crippen molar-refractivity contribution in [2.45, 2.75) is 26.4 Å². The zero-order chi connectivity index (χ0) is 13.0. The van der Waals surface area contributed by atoms with Crippen molar-refractivity contribution in [1.82, 2.24) is 9.47 Å². The standard InChI is InChI=1S/C12H18N2O3/c1-9(2)13(3)7-8-14-6-4-5-10(11(14)15)12(16)17/h4-6,9H,7-8H2,1-3H3,(H,16,17). The summed E-state index contributed by atoms with van der Waals surface area (Å²) in [6.07, 6.45) is 1.61. The minimum atomic E-state index is -1.18. The lowest BCUT2D eigenvalue weighted by Crippen LogP contribution is -2.33. The van der Waals surface area contributed by atoms with Crippen molar-refractivity contribution in [3.05, 3.63) is 34.2 Å². The van der Waals surface area contributed by atoms with Gasteiger partial charge in [0.15, 0.2) is 0 Å². The van der Waals surface area contributed by atoms with Crippen LogP contribution in [0.4, 0.5) is 0 Å². The number of pyridine rings is 1. The molecule has 5 nitrogen and oxygen atoms in total. The Balaban J connectivity index is 2.83. The van der Waals surface area contributed by atoms with E-state index in [9.17, 15) is 9.59 Å². The van der Waals surface area contributed by atoms with Crippen molar-refractivity contribution in [2.24, 2.45) is 0 Å². The maximum atomic E-state index is 11.8. The van der Waals surface area contributed by atoms with Crippen LogP contribution in [0, 0.1) is 0 Å². The molecule has 0 aliphatic carbocycles. The highest BCUT2D eigenvalue weighted by atomic mass is 16.4. The molecule has 17 heavy (non-hydrogen) atoms. The summed E-state index contributed by atoms with van der Waals surface area (Å²) >= 11 is 0. The molecule has 1 aromatic rings. The summed E-state index contributed by atoms with van der Waals surface area (Å²) in [5.41, 5.74) is -0.628. The van der Waals surface area contributed by atoms with Crippen LogP contribution in [0.5, 0.6) is 0 Å². The van der Waals surface area contributed by atoms with E-state index in [1.54, 1.807) is 12.3 Å². The summed E-state index contributed by atoms with van der Waals surface area (Å²) in [6.45, 7) is 5.34. The van der Waals surface area contributed by atoms with Gasteiger partial charge in [0.2, 0.25) is 0 Å². The van der Waals surface area contributed by atoms with Crippen LogP contribution in [-0.2, 0) is 6.54 Å². The lowest BCUT2D eigenvalue weighted by atomic mass is 10.3. The van der Waals surface area contributed by atoms with E-state index in [4.69, 9.17) is 5.11 Å². The molecule has 0 amide bonds. The topological polar surface area (TPSA) is 62.5 Å². The van der Waals surface area contributed by atoms with E-state index in [0.29, 0.717) is 19.1 Å². The fourth-order valence-corrected chi connectivity index (χ4v) is 1.40. The van der Waals surface area contributed by atoms with Crippen LogP contribution in [0.25, 0.3) is 0 Å². The summed E-state index contributed by atoms with van der Waals surface area (Å²) < 4.78 is 1.43. The average molecular weight is 238 g/mol. The van der Waals surface area contributed by atoms with Crippen LogP contribution in [-0.4, -0.2) is 40.2 Å². The first-order chi connectivity index (χ1) is 7.93. The third-order valence-corrected chi connectivity index (χ3v) is 2.83. The fourth-order valence-electron chi connectivity index (χ4n) is 1.40. The van der Waals surface area contributed by atoms with E-state index in [1.807, 2.05) is 7.05 Å². The van der Waals surface area contributed by atoms with Gasteiger partial charge in [-0.25, -0.2) is 4.79 Å². The zero-order valence-electron chi connectivity index (χ0n) is 10.4. The van der Waals surface area contributed by atoms with Gasteiger partial charge in [-0.05, 0) is 33.0 Å². The molecule has 0 radical (unpaired) electrons. The molecule has 0 spiro atoms. The quantitative estimate of drug-likeness (QED) is 0.827. The van der Waals surface area contributed by atoms with E-state index in [2.05, 4.69) is 18.7 Å². The molecule has 0 aliphatic rings. The van der Waals surface area contributed by atoms with Crippen molar-refractivity contribution < 1.29 is 9.90 Å². The van der Waals surface area contributed by atoms with Gasteiger partial charge in [-0.3, -0.25) is 4.79 Å². The van der Waals surface area contributed by atoms with Gasteiger partial charge >= 0.3 is 5.97 Å².